The molecule has 0 unspecified atom stereocenters. The maximum atomic E-state index is 5.91. The number of nitrogen functional groups attached to an aromatic ring is 1. The highest BCUT2D eigenvalue weighted by Crippen LogP contribution is 2.39. The van der Waals surface area contributed by atoms with Gasteiger partial charge in [-0.05, 0) is 38.2 Å². The lowest BCUT2D eigenvalue weighted by molar-refractivity contribution is 0.342. The molecule has 1 aliphatic carbocycles. The molecular formula is C16H26N2OS. The zero-order chi connectivity index (χ0) is 14.4. The third-order valence-corrected chi connectivity index (χ3v) is 5.54. The van der Waals surface area contributed by atoms with E-state index in [1.54, 1.807) is 0 Å². The number of rotatable bonds is 6. The van der Waals surface area contributed by atoms with Gasteiger partial charge < -0.3 is 15.8 Å². The highest BCUT2D eigenvalue weighted by Gasteiger charge is 2.30. The molecule has 0 spiro atoms. The summed E-state index contributed by atoms with van der Waals surface area (Å²) in [5.74, 6) is 0.777. The number of thioether (sulfide) groups is 1. The van der Waals surface area contributed by atoms with E-state index in [-0.39, 0.29) is 0 Å². The smallest absolute Gasteiger partial charge is 0.144 e. The summed E-state index contributed by atoms with van der Waals surface area (Å²) in [6, 6.07) is 5.96. The Bertz CT molecular complexity index is 430. The van der Waals surface area contributed by atoms with Crippen molar-refractivity contribution in [2.45, 2.75) is 43.8 Å². The summed E-state index contributed by atoms with van der Waals surface area (Å²) >= 11 is 2.01. The van der Waals surface area contributed by atoms with Crippen LogP contribution in [-0.4, -0.2) is 24.2 Å². The van der Waals surface area contributed by atoms with Crippen molar-refractivity contribution in [1.82, 2.24) is 0 Å². The maximum Gasteiger partial charge on any atom is 0.144 e. The van der Waals surface area contributed by atoms with Crippen LogP contribution in [0, 0.1) is 0 Å². The van der Waals surface area contributed by atoms with Gasteiger partial charge in [-0.1, -0.05) is 19.3 Å². The predicted octanol–water partition coefficient (Wildman–Crippen LogP) is 4.15. The quantitative estimate of drug-likeness (QED) is 0.774. The summed E-state index contributed by atoms with van der Waals surface area (Å²) in [4.78, 5) is 0. The summed E-state index contributed by atoms with van der Waals surface area (Å²) in [6.07, 6.45) is 8.96. The molecule has 3 nitrogen and oxygen atoms in total. The van der Waals surface area contributed by atoms with Crippen LogP contribution < -0.4 is 15.8 Å². The molecule has 1 aliphatic rings. The van der Waals surface area contributed by atoms with Crippen LogP contribution in [0.15, 0.2) is 18.2 Å². The van der Waals surface area contributed by atoms with Crippen molar-refractivity contribution in [3.63, 3.8) is 0 Å². The largest absolute Gasteiger partial charge is 0.492 e. The van der Waals surface area contributed by atoms with Crippen LogP contribution in [0.1, 0.15) is 39.0 Å². The van der Waals surface area contributed by atoms with E-state index < -0.39 is 0 Å². The Balaban J connectivity index is 2.00. The molecule has 1 aromatic carbocycles. The second kappa shape index (κ2) is 7.11. The van der Waals surface area contributed by atoms with Crippen molar-refractivity contribution in [3.8, 4) is 5.75 Å². The first-order valence-electron chi connectivity index (χ1n) is 7.50. The fraction of sp³-hybridized carbons (Fsp3) is 0.625. The lowest BCUT2D eigenvalue weighted by Gasteiger charge is -2.36. The van der Waals surface area contributed by atoms with E-state index in [0.717, 1.165) is 18.0 Å². The van der Waals surface area contributed by atoms with Crippen LogP contribution in [0.3, 0.4) is 0 Å². The first-order chi connectivity index (χ1) is 9.69. The summed E-state index contributed by atoms with van der Waals surface area (Å²) in [7, 11) is 0. The van der Waals surface area contributed by atoms with Crippen molar-refractivity contribution >= 4 is 23.1 Å². The predicted molar refractivity (Wildman–Crippen MR) is 89.8 cm³/mol. The molecule has 0 aromatic heterocycles. The van der Waals surface area contributed by atoms with Crippen molar-refractivity contribution in [3.05, 3.63) is 18.2 Å². The molecule has 112 valence electrons. The molecule has 3 N–H and O–H groups in total. The van der Waals surface area contributed by atoms with Crippen molar-refractivity contribution in [2.75, 3.05) is 30.5 Å². The summed E-state index contributed by atoms with van der Waals surface area (Å²) in [5.41, 5.74) is 7.71. The zero-order valence-electron chi connectivity index (χ0n) is 12.6. The summed E-state index contributed by atoms with van der Waals surface area (Å²) in [5, 5.41) is 3.58. The van der Waals surface area contributed by atoms with Crippen molar-refractivity contribution < 1.29 is 4.74 Å². The molecule has 0 atom stereocenters. The average Bonchev–Trinajstić information content (AvgIpc) is 2.49. The van der Waals surface area contributed by atoms with Crippen LogP contribution in [0.4, 0.5) is 11.4 Å². The molecule has 0 bridgehead atoms. The lowest BCUT2D eigenvalue weighted by atomic mass is 9.88. The summed E-state index contributed by atoms with van der Waals surface area (Å²) < 4.78 is 5.94. The summed E-state index contributed by atoms with van der Waals surface area (Å²) in [6.45, 7) is 3.64. The molecule has 20 heavy (non-hydrogen) atoms. The third kappa shape index (κ3) is 3.75. The van der Waals surface area contributed by atoms with Gasteiger partial charge in [0, 0.05) is 23.0 Å². The van der Waals surface area contributed by atoms with Crippen molar-refractivity contribution in [2.24, 2.45) is 0 Å². The standard InChI is InChI=1S/C16H26N2OS/c1-3-19-15-11-13(7-8-14(15)17)18-12-16(20-2)9-5-4-6-10-16/h7-8,11,18H,3-6,9-10,12,17H2,1-2H3. The normalized spacial score (nSPS) is 17.7. The van der Waals surface area contributed by atoms with Gasteiger partial charge in [0.1, 0.15) is 5.75 Å². The van der Waals surface area contributed by atoms with Gasteiger partial charge in [0.15, 0.2) is 0 Å². The molecule has 1 aromatic rings. The van der Waals surface area contributed by atoms with Gasteiger partial charge in [-0.2, -0.15) is 11.8 Å². The Morgan fingerprint density at radius 3 is 2.70 bits per heavy atom. The maximum absolute atomic E-state index is 5.91. The molecule has 0 saturated heterocycles. The molecule has 0 aliphatic heterocycles. The first-order valence-corrected chi connectivity index (χ1v) is 8.73. The van der Waals surface area contributed by atoms with Gasteiger partial charge in [-0.25, -0.2) is 0 Å². The molecule has 1 saturated carbocycles. The van der Waals surface area contributed by atoms with Gasteiger partial charge in [0.2, 0.25) is 0 Å². The van der Waals surface area contributed by atoms with E-state index in [4.69, 9.17) is 10.5 Å². The van der Waals surface area contributed by atoms with Crippen LogP contribution in [0.5, 0.6) is 5.75 Å². The number of benzene rings is 1. The topological polar surface area (TPSA) is 47.3 Å². The molecule has 2 rings (SSSR count). The lowest BCUT2D eigenvalue weighted by Crippen LogP contribution is -2.35. The minimum absolute atomic E-state index is 0.394. The van der Waals surface area contributed by atoms with Crippen LogP contribution in [0.25, 0.3) is 0 Å². The van der Waals surface area contributed by atoms with E-state index in [9.17, 15) is 0 Å². The molecule has 0 heterocycles. The van der Waals surface area contributed by atoms with Gasteiger partial charge in [-0.15, -0.1) is 0 Å². The number of hydrogen-bond donors (Lipinski definition) is 2. The van der Waals surface area contributed by atoms with Gasteiger partial charge in [-0.3, -0.25) is 0 Å². The first kappa shape index (κ1) is 15.4. The monoisotopic (exact) mass is 294 g/mol. The number of hydrogen-bond acceptors (Lipinski definition) is 4. The molecular weight excluding hydrogens is 268 g/mol. The third-order valence-electron chi connectivity index (χ3n) is 4.13. The fourth-order valence-electron chi connectivity index (χ4n) is 2.84. The fourth-order valence-corrected chi connectivity index (χ4v) is 3.75. The number of anilines is 2. The van der Waals surface area contributed by atoms with Crippen LogP contribution in [0.2, 0.25) is 0 Å². The van der Waals surface area contributed by atoms with Gasteiger partial charge in [0.05, 0.1) is 12.3 Å². The van der Waals surface area contributed by atoms with Crippen molar-refractivity contribution in [1.29, 1.82) is 0 Å². The molecule has 0 amide bonds. The van der Waals surface area contributed by atoms with Crippen LogP contribution >= 0.6 is 11.8 Å². The Kier molecular flexibility index (Phi) is 5.46. The van der Waals surface area contributed by atoms with E-state index in [0.29, 0.717) is 17.0 Å². The highest BCUT2D eigenvalue weighted by molar-refractivity contribution is 8.00. The zero-order valence-corrected chi connectivity index (χ0v) is 13.4. The van der Waals surface area contributed by atoms with E-state index in [1.807, 2.05) is 36.9 Å². The number of ether oxygens (including phenoxy) is 1. The highest BCUT2D eigenvalue weighted by atomic mass is 32.2. The Hall–Kier alpha value is -1.03. The van der Waals surface area contributed by atoms with Gasteiger partial charge >= 0.3 is 0 Å². The van der Waals surface area contributed by atoms with Crippen LogP contribution in [-0.2, 0) is 0 Å². The second-order valence-corrected chi connectivity index (χ2v) is 6.76. The molecule has 4 heteroatoms. The molecule has 1 fully saturated rings. The number of nitrogens with two attached hydrogens (primary N) is 1. The average molecular weight is 294 g/mol. The Morgan fingerprint density at radius 1 is 1.30 bits per heavy atom. The minimum atomic E-state index is 0.394. The van der Waals surface area contributed by atoms with Gasteiger partial charge in [0.25, 0.3) is 0 Å². The van der Waals surface area contributed by atoms with E-state index in [2.05, 4.69) is 11.6 Å². The minimum Gasteiger partial charge on any atom is -0.492 e. The second-order valence-electron chi connectivity index (χ2n) is 5.49. The Morgan fingerprint density at radius 2 is 2.05 bits per heavy atom. The molecule has 0 radical (unpaired) electrons. The SMILES string of the molecule is CCOc1cc(NCC2(SC)CCCCC2)ccc1N. The van der Waals surface area contributed by atoms with E-state index in [1.165, 1.54) is 32.1 Å². The van der Waals surface area contributed by atoms with E-state index >= 15 is 0 Å². The Labute approximate surface area is 126 Å². The number of nitrogens with one attached hydrogen (secondary N) is 1.